The van der Waals surface area contributed by atoms with Crippen LogP contribution in [0, 0.1) is 11.3 Å². The molecule has 2 atom stereocenters. The van der Waals surface area contributed by atoms with Crippen molar-refractivity contribution in [2.24, 2.45) is 0 Å². The minimum atomic E-state index is 0.0396. The summed E-state index contributed by atoms with van der Waals surface area (Å²) in [5.41, 5.74) is 5.36. The fraction of sp³-hybridized carbons (Fsp3) is 0.500. The van der Waals surface area contributed by atoms with E-state index < -0.39 is 0 Å². The lowest BCUT2D eigenvalue weighted by Gasteiger charge is -2.36. The van der Waals surface area contributed by atoms with E-state index in [2.05, 4.69) is 54.0 Å². The van der Waals surface area contributed by atoms with E-state index in [0.717, 1.165) is 92.7 Å². The zero-order valence-electron chi connectivity index (χ0n) is 26.7. The summed E-state index contributed by atoms with van der Waals surface area (Å²) in [4.78, 5) is 21.3. The molecule has 2 aromatic heterocycles. The van der Waals surface area contributed by atoms with E-state index >= 15 is 0 Å². The molecule has 9 nitrogen and oxygen atoms in total. The average Bonchev–Trinajstić information content (AvgIpc) is 3.53. The molecule has 2 aliphatic rings. The molecule has 0 radical (unpaired) electrons. The molecule has 3 heterocycles. The molecule has 0 spiro atoms. The van der Waals surface area contributed by atoms with Crippen LogP contribution in [0.25, 0.3) is 16.9 Å². The van der Waals surface area contributed by atoms with Crippen LogP contribution in [-0.2, 0) is 22.3 Å². The largest absolute Gasteiger partial charge is 0.377 e. The smallest absolute Gasteiger partial charge is 0.259 e. The monoisotopic (exact) mass is 608 g/mol. The molecule has 236 valence electrons. The maximum atomic E-state index is 14.3. The molecule has 4 aromatic rings. The van der Waals surface area contributed by atoms with E-state index in [0.29, 0.717) is 17.8 Å². The summed E-state index contributed by atoms with van der Waals surface area (Å²) in [5.74, 6) is 0.635. The van der Waals surface area contributed by atoms with Crippen molar-refractivity contribution < 1.29 is 9.47 Å². The second kappa shape index (κ2) is 14.1. The molecule has 1 saturated carbocycles. The zero-order chi connectivity index (χ0) is 31.3. The van der Waals surface area contributed by atoms with Gasteiger partial charge in [-0.2, -0.15) is 15.3 Å². The molecule has 0 bridgehead atoms. The van der Waals surface area contributed by atoms with Gasteiger partial charge < -0.3 is 9.47 Å². The number of aromatic nitrogens is 4. The first-order valence-corrected chi connectivity index (χ1v) is 16.5. The highest BCUT2D eigenvalue weighted by Crippen LogP contribution is 2.31. The Bertz CT molecular complexity index is 1690. The van der Waals surface area contributed by atoms with Gasteiger partial charge in [0.2, 0.25) is 5.78 Å². The van der Waals surface area contributed by atoms with Gasteiger partial charge in [-0.05, 0) is 68.7 Å². The quantitative estimate of drug-likeness (QED) is 0.232. The van der Waals surface area contributed by atoms with E-state index in [1.165, 1.54) is 0 Å². The fourth-order valence-corrected chi connectivity index (χ4v) is 7.20. The van der Waals surface area contributed by atoms with Crippen molar-refractivity contribution in [1.29, 1.82) is 5.26 Å². The first-order chi connectivity index (χ1) is 21.9. The number of hydrogen-bond acceptors (Lipinski definition) is 7. The van der Waals surface area contributed by atoms with E-state index in [1.54, 1.807) is 6.33 Å². The molecule has 9 heteroatoms. The van der Waals surface area contributed by atoms with E-state index in [1.807, 2.05) is 45.5 Å². The van der Waals surface area contributed by atoms with Gasteiger partial charge >= 0.3 is 0 Å². The average molecular weight is 609 g/mol. The van der Waals surface area contributed by atoms with Crippen LogP contribution in [0.2, 0.25) is 0 Å². The Labute approximate surface area is 265 Å². The summed E-state index contributed by atoms with van der Waals surface area (Å²) >= 11 is 0. The molecule has 0 amide bonds. The fourth-order valence-electron chi connectivity index (χ4n) is 7.20. The molecule has 2 unspecified atom stereocenters. The van der Waals surface area contributed by atoms with Crippen LogP contribution in [0.4, 0.5) is 0 Å². The lowest BCUT2D eigenvalue weighted by atomic mass is 9.92. The highest BCUT2D eigenvalue weighted by atomic mass is 16.5. The highest BCUT2D eigenvalue weighted by molar-refractivity contribution is 5.70. The van der Waals surface area contributed by atoms with Gasteiger partial charge in [0.15, 0.2) is 0 Å². The molecule has 1 aliphatic carbocycles. The number of ether oxygens (including phenoxy) is 2. The topological polar surface area (TPSA) is 97.7 Å². The third-order valence-corrected chi connectivity index (χ3v) is 9.27. The van der Waals surface area contributed by atoms with Crippen molar-refractivity contribution >= 4 is 5.78 Å². The van der Waals surface area contributed by atoms with Crippen LogP contribution in [0.1, 0.15) is 81.3 Å². The maximum Gasteiger partial charge on any atom is 0.259 e. The standard InChI is InChI=1S/C36H44N6O3/c1-4-7-34-33(20-27-10-12-28(13-11-27)32-9-6-5-8-29(32)21-37)35(43)41(36-38-24-39-42(34)36)30-14-16-31(17-15-30)44-19-18-40-22-25(2)45-26(3)23-40/h5-6,8-13,24-26,30-31H,4,7,14-20,22-23H2,1-3H3. The molecule has 1 aliphatic heterocycles. The summed E-state index contributed by atoms with van der Waals surface area (Å²) in [6, 6.07) is 18.2. The number of benzene rings is 2. The third-order valence-electron chi connectivity index (χ3n) is 9.27. The lowest BCUT2D eigenvalue weighted by molar-refractivity contribution is -0.0778. The van der Waals surface area contributed by atoms with Crippen molar-refractivity contribution in [3.8, 4) is 17.2 Å². The number of nitriles is 1. The first kappa shape index (κ1) is 31.2. The molecular weight excluding hydrogens is 564 g/mol. The Balaban J connectivity index is 1.19. The number of morpholine rings is 1. The summed E-state index contributed by atoms with van der Waals surface area (Å²) < 4.78 is 16.0. The summed E-state index contributed by atoms with van der Waals surface area (Å²) in [6.07, 6.45) is 8.06. The Morgan fingerprint density at radius 1 is 1.02 bits per heavy atom. The Kier molecular flexibility index (Phi) is 9.74. The highest BCUT2D eigenvalue weighted by Gasteiger charge is 2.29. The van der Waals surface area contributed by atoms with E-state index in [-0.39, 0.29) is 29.9 Å². The molecule has 45 heavy (non-hydrogen) atoms. The number of hydrogen-bond donors (Lipinski definition) is 0. The summed E-state index contributed by atoms with van der Waals surface area (Å²) in [7, 11) is 0. The SMILES string of the molecule is CCCc1c(Cc2ccc(-c3ccccc3C#N)cc2)c(=O)n(C2CCC(OCCN3CC(C)OC(C)C3)CC2)c2ncnn12. The third kappa shape index (κ3) is 6.89. The summed E-state index contributed by atoms with van der Waals surface area (Å²) in [5, 5.41) is 14.1. The van der Waals surface area contributed by atoms with Crippen LogP contribution >= 0.6 is 0 Å². The number of fused-ring (bicyclic) bond motifs is 1. The van der Waals surface area contributed by atoms with Crippen LogP contribution in [0.15, 0.2) is 59.7 Å². The van der Waals surface area contributed by atoms with Gasteiger partial charge in [-0.1, -0.05) is 55.8 Å². The molecule has 2 fully saturated rings. The van der Waals surface area contributed by atoms with Gasteiger partial charge in [-0.15, -0.1) is 0 Å². The second-order valence-electron chi connectivity index (χ2n) is 12.7. The minimum Gasteiger partial charge on any atom is -0.377 e. The van der Waals surface area contributed by atoms with Gasteiger partial charge in [-0.3, -0.25) is 14.3 Å². The summed E-state index contributed by atoms with van der Waals surface area (Å²) in [6.45, 7) is 9.94. The van der Waals surface area contributed by atoms with Gasteiger partial charge in [0.05, 0.1) is 42.2 Å². The molecule has 2 aromatic carbocycles. The number of rotatable bonds is 10. The first-order valence-electron chi connectivity index (χ1n) is 16.5. The lowest BCUT2D eigenvalue weighted by Crippen LogP contribution is -2.46. The number of aryl methyl sites for hydroxylation is 1. The van der Waals surface area contributed by atoms with E-state index in [4.69, 9.17) is 9.47 Å². The van der Waals surface area contributed by atoms with Crippen molar-refractivity contribution in [1.82, 2.24) is 24.1 Å². The van der Waals surface area contributed by atoms with Crippen molar-refractivity contribution in [3.05, 3.63) is 87.6 Å². The Morgan fingerprint density at radius 2 is 1.76 bits per heavy atom. The van der Waals surface area contributed by atoms with Gasteiger partial charge in [0.25, 0.3) is 5.56 Å². The van der Waals surface area contributed by atoms with Crippen LogP contribution in [0.3, 0.4) is 0 Å². The van der Waals surface area contributed by atoms with Crippen molar-refractivity contribution in [2.75, 3.05) is 26.2 Å². The number of nitrogens with zero attached hydrogens (tertiary/aromatic N) is 6. The Morgan fingerprint density at radius 3 is 2.47 bits per heavy atom. The van der Waals surface area contributed by atoms with Gasteiger partial charge in [0.1, 0.15) is 6.33 Å². The predicted molar refractivity (Wildman–Crippen MR) is 174 cm³/mol. The molecule has 6 rings (SSSR count). The normalized spacial score (nSPS) is 22.4. The minimum absolute atomic E-state index is 0.0396. The van der Waals surface area contributed by atoms with Crippen LogP contribution in [-0.4, -0.2) is 68.6 Å². The maximum absolute atomic E-state index is 14.3. The van der Waals surface area contributed by atoms with Crippen LogP contribution < -0.4 is 5.56 Å². The molecule has 1 saturated heterocycles. The van der Waals surface area contributed by atoms with Gasteiger partial charge in [0, 0.05) is 37.7 Å². The van der Waals surface area contributed by atoms with Gasteiger partial charge in [-0.25, -0.2) is 4.52 Å². The predicted octanol–water partition coefficient (Wildman–Crippen LogP) is 5.58. The van der Waals surface area contributed by atoms with Crippen LogP contribution in [0.5, 0.6) is 0 Å². The Hall–Kier alpha value is -3.84. The van der Waals surface area contributed by atoms with Crippen molar-refractivity contribution in [3.63, 3.8) is 0 Å². The second-order valence-corrected chi connectivity index (χ2v) is 12.7. The zero-order valence-corrected chi connectivity index (χ0v) is 26.7. The molecular formula is C36H44N6O3. The van der Waals surface area contributed by atoms with E-state index in [9.17, 15) is 10.1 Å². The van der Waals surface area contributed by atoms with Crippen molar-refractivity contribution in [2.45, 2.75) is 90.1 Å². The molecule has 0 N–H and O–H groups in total.